The third-order valence-corrected chi connectivity index (χ3v) is 5.48. The van der Waals surface area contributed by atoms with Crippen LogP contribution in [0, 0.1) is 6.92 Å². The molecule has 0 unspecified atom stereocenters. The lowest BCUT2D eigenvalue weighted by molar-refractivity contribution is -0.660. The summed E-state index contributed by atoms with van der Waals surface area (Å²) >= 11 is 0. The first-order valence-corrected chi connectivity index (χ1v) is 9.96. The number of aromatic nitrogens is 1. The van der Waals surface area contributed by atoms with Crippen molar-refractivity contribution in [2.75, 3.05) is 0 Å². The molecule has 0 amide bonds. The van der Waals surface area contributed by atoms with Crippen LogP contribution in [0.3, 0.4) is 0 Å². The predicted molar refractivity (Wildman–Crippen MR) is 80.8 cm³/mol. The van der Waals surface area contributed by atoms with Crippen LogP contribution in [0.15, 0.2) is 42.6 Å². The first-order valence-electron chi connectivity index (χ1n) is 6.46. The van der Waals surface area contributed by atoms with E-state index in [1.165, 1.54) is 22.0 Å². The number of aryl methyl sites for hydroxylation is 2. The number of hydrogen-bond acceptors (Lipinski definition) is 0. The van der Waals surface area contributed by atoms with Crippen LogP contribution in [0.25, 0.3) is 11.3 Å². The summed E-state index contributed by atoms with van der Waals surface area (Å²) in [5, 5.41) is 1.52. The van der Waals surface area contributed by atoms with Crippen LogP contribution < -0.4 is 9.75 Å². The Morgan fingerprint density at radius 2 is 1.72 bits per heavy atom. The topological polar surface area (TPSA) is 3.88 Å². The van der Waals surface area contributed by atoms with Crippen LogP contribution in [0.2, 0.25) is 19.6 Å². The molecule has 0 bridgehead atoms. The highest BCUT2D eigenvalue weighted by Crippen LogP contribution is 2.19. The molecule has 1 heterocycles. The second kappa shape index (κ2) is 4.69. The molecule has 2 aromatic rings. The van der Waals surface area contributed by atoms with E-state index in [-0.39, 0.29) is 0 Å². The Balaban J connectivity index is 2.61. The molecule has 0 aliphatic heterocycles. The maximum atomic E-state index is 2.40. The van der Waals surface area contributed by atoms with Crippen LogP contribution in [0.5, 0.6) is 0 Å². The SMILES string of the molecule is Cc1ccc([Si](C)(C)C)cc1-c1cccc[n+]1C. The van der Waals surface area contributed by atoms with Gasteiger partial charge < -0.3 is 0 Å². The second-order valence-electron chi connectivity index (χ2n) is 5.98. The fraction of sp³-hybridized carbons (Fsp3) is 0.312. The molecule has 0 fully saturated rings. The second-order valence-corrected chi connectivity index (χ2v) is 11.1. The zero-order chi connectivity index (χ0) is 13.3. The normalized spacial score (nSPS) is 11.6. The highest BCUT2D eigenvalue weighted by Gasteiger charge is 2.19. The monoisotopic (exact) mass is 256 g/mol. The lowest BCUT2D eigenvalue weighted by atomic mass is 10.1. The molecule has 0 saturated carbocycles. The summed E-state index contributed by atoms with van der Waals surface area (Å²) in [5.74, 6) is 0. The Kier molecular flexibility index (Phi) is 3.40. The van der Waals surface area contributed by atoms with Gasteiger partial charge in [0.15, 0.2) is 6.20 Å². The van der Waals surface area contributed by atoms with Gasteiger partial charge in [-0.05, 0) is 24.6 Å². The number of hydrogen-bond donors (Lipinski definition) is 0. The van der Waals surface area contributed by atoms with Gasteiger partial charge in [-0.15, -0.1) is 0 Å². The van der Waals surface area contributed by atoms with Gasteiger partial charge in [0.1, 0.15) is 7.05 Å². The van der Waals surface area contributed by atoms with E-state index < -0.39 is 8.07 Å². The Hall–Kier alpha value is -1.41. The molecular weight excluding hydrogens is 234 g/mol. The van der Waals surface area contributed by atoms with Crippen molar-refractivity contribution >= 4 is 13.3 Å². The number of rotatable bonds is 2. The van der Waals surface area contributed by atoms with E-state index in [4.69, 9.17) is 0 Å². The van der Waals surface area contributed by atoms with E-state index in [0.29, 0.717) is 0 Å². The molecule has 0 radical (unpaired) electrons. The predicted octanol–water partition coefficient (Wildman–Crippen LogP) is 3.03. The van der Waals surface area contributed by atoms with Crippen molar-refractivity contribution < 1.29 is 4.57 Å². The van der Waals surface area contributed by atoms with Crippen molar-refractivity contribution in [3.63, 3.8) is 0 Å². The van der Waals surface area contributed by atoms with Crippen molar-refractivity contribution in [1.82, 2.24) is 0 Å². The number of benzene rings is 1. The van der Waals surface area contributed by atoms with Crippen molar-refractivity contribution in [2.45, 2.75) is 26.6 Å². The van der Waals surface area contributed by atoms with E-state index in [1.54, 1.807) is 0 Å². The van der Waals surface area contributed by atoms with Crippen LogP contribution in [0.4, 0.5) is 0 Å². The van der Waals surface area contributed by atoms with E-state index in [1.807, 2.05) is 0 Å². The number of nitrogens with zero attached hydrogens (tertiary/aromatic N) is 1. The summed E-state index contributed by atoms with van der Waals surface area (Å²) in [5.41, 5.74) is 3.99. The summed E-state index contributed by atoms with van der Waals surface area (Å²) in [7, 11) is 0.860. The van der Waals surface area contributed by atoms with Crippen molar-refractivity contribution in [3.05, 3.63) is 48.2 Å². The Morgan fingerprint density at radius 1 is 1.00 bits per heavy atom. The Bertz CT molecular complexity index is 568. The molecule has 94 valence electrons. The minimum atomic E-state index is -1.25. The van der Waals surface area contributed by atoms with Gasteiger partial charge in [0, 0.05) is 17.7 Å². The lowest BCUT2D eigenvalue weighted by Gasteiger charge is -2.18. The van der Waals surface area contributed by atoms with Gasteiger partial charge in [-0.3, -0.25) is 0 Å². The fourth-order valence-corrected chi connectivity index (χ4v) is 3.33. The molecule has 18 heavy (non-hydrogen) atoms. The minimum absolute atomic E-state index is 1.25. The molecule has 0 spiro atoms. The van der Waals surface area contributed by atoms with Crippen LogP contribution in [-0.2, 0) is 7.05 Å². The van der Waals surface area contributed by atoms with Crippen molar-refractivity contribution in [3.8, 4) is 11.3 Å². The zero-order valence-electron chi connectivity index (χ0n) is 12.0. The van der Waals surface area contributed by atoms with Crippen LogP contribution in [-0.4, -0.2) is 8.07 Å². The summed E-state index contributed by atoms with van der Waals surface area (Å²) in [4.78, 5) is 0. The van der Waals surface area contributed by atoms with Gasteiger partial charge in [-0.25, -0.2) is 4.57 Å². The van der Waals surface area contributed by atoms with Gasteiger partial charge >= 0.3 is 0 Å². The molecule has 0 aliphatic carbocycles. The Labute approximate surface area is 111 Å². The quantitative estimate of drug-likeness (QED) is 0.574. The number of pyridine rings is 1. The summed E-state index contributed by atoms with van der Waals surface area (Å²) < 4.78 is 2.19. The summed E-state index contributed by atoms with van der Waals surface area (Å²) in [6.45, 7) is 9.38. The Morgan fingerprint density at radius 3 is 2.33 bits per heavy atom. The third kappa shape index (κ3) is 2.54. The molecule has 1 aromatic carbocycles. The first-order chi connectivity index (χ1) is 8.39. The third-order valence-electron chi connectivity index (χ3n) is 3.43. The van der Waals surface area contributed by atoms with Gasteiger partial charge in [0.25, 0.3) is 0 Å². The van der Waals surface area contributed by atoms with E-state index >= 15 is 0 Å². The molecule has 0 atom stereocenters. The highest BCUT2D eigenvalue weighted by atomic mass is 28.3. The van der Waals surface area contributed by atoms with Gasteiger partial charge in [0.2, 0.25) is 5.69 Å². The van der Waals surface area contributed by atoms with Crippen molar-refractivity contribution in [2.24, 2.45) is 7.05 Å². The van der Waals surface area contributed by atoms with Gasteiger partial charge in [-0.2, -0.15) is 0 Å². The molecular formula is C16H22NSi+. The molecule has 1 aromatic heterocycles. The van der Waals surface area contributed by atoms with E-state index in [2.05, 4.69) is 80.8 Å². The van der Waals surface area contributed by atoms with E-state index in [9.17, 15) is 0 Å². The lowest BCUT2D eigenvalue weighted by Crippen LogP contribution is -2.38. The average molecular weight is 256 g/mol. The molecule has 0 saturated heterocycles. The maximum absolute atomic E-state index is 2.40. The fourth-order valence-electron chi connectivity index (χ4n) is 2.17. The maximum Gasteiger partial charge on any atom is 0.212 e. The molecule has 0 N–H and O–H groups in total. The summed E-state index contributed by atoms with van der Waals surface area (Å²) in [6.07, 6.45) is 2.11. The largest absolute Gasteiger partial charge is 0.212 e. The first kappa shape index (κ1) is 13.0. The standard InChI is InChI=1S/C16H22NSi/c1-13-9-10-14(18(3,4)5)12-15(13)16-8-6-7-11-17(16)2/h6-12H,1-5H3/q+1. The van der Waals surface area contributed by atoms with E-state index in [0.717, 1.165) is 0 Å². The zero-order valence-corrected chi connectivity index (χ0v) is 13.0. The van der Waals surface area contributed by atoms with Crippen LogP contribution >= 0.6 is 0 Å². The highest BCUT2D eigenvalue weighted by molar-refractivity contribution is 6.88. The van der Waals surface area contributed by atoms with Crippen molar-refractivity contribution in [1.29, 1.82) is 0 Å². The van der Waals surface area contributed by atoms with Gasteiger partial charge in [0.05, 0.1) is 8.07 Å². The molecule has 0 aliphatic rings. The summed E-state index contributed by atoms with van der Waals surface area (Å²) in [6, 6.07) is 13.3. The molecule has 2 heteroatoms. The average Bonchev–Trinajstić information content (AvgIpc) is 2.29. The molecule has 2 rings (SSSR count). The molecule has 1 nitrogen and oxygen atoms in total. The van der Waals surface area contributed by atoms with Gasteiger partial charge in [-0.1, -0.05) is 37.0 Å². The van der Waals surface area contributed by atoms with Crippen LogP contribution in [0.1, 0.15) is 5.56 Å². The smallest absolute Gasteiger partial charge is 0.201 e. The minimum Gasteiger partial charge on any atom is -0.201 e.